The molecule has 1 fully saturated rings. The number of aryl methyl sites for hydroxylation is 1. The van der Waals surface area contributed by atoms with Crippen LogP contribution in [-0.2, 0) is 4.79 Å². The lowest BCUT2D eigenvalue weighted by Crippen LogP contribution is -2.51. The Morgan fingerprint density at radius 3 is 2.50 bits per heavy atom. The molecule has 3 amide bonds. The number of carbonyl (C=O) groups is 2. The highest BCUT2D eigenvalue weighted by Gasteiger charge is 2.34. The summed E-state index contributed by atoms with van der Waals surface area (Å²) in [5, 5.41) is 3.55. The van der Waals surface area contributed by atoms with Crippen molar-refractivity contribution in [3.8, 4) is 5.75 Å². The van der Waals surface area contributed by atoms with E-state index in [4.69, 9.17) is 16.3 Å². The maximum Gasteiger partial charge on any atom is 0.324 e. The standard InChI is InChI=1S/C23H26ClN3O3/c1-15-3-6-19(7-4-15)25-22(28)17-9-11-26(12-10-17)23(29)27-14-16(2)30-21-8-5-18(24)13-20(21)27/h3-8,13,16-17H,9-12,14H2,1-2H3,(H,25,28)/t16-/m0/s1. The fourth-order valence-electron chi connectivity index (χ4n) is 3.98. The van der Waals surface area contributed by atoms with Gasteiger partial charge in [0.25, 0.3) is 0 Å². The third kappa shape index (κ3) is 4.38. The van der Waals surface area contributed by atoms with Crippen molar-refractivity contribution in [2.24, 2.45) is 5.92 Å². The van der Waals surface area contributed by atoms with Crippen molar-refractivity contribution < 1.29 is 14.3 Å². The van der Waals surface area contributed by atoms with Gasteiger partial charge >= 0.3 is 6.03 Å². The van der Waals surface area contributed by atoms with Gasteiger partial charge in [0.2, 0.25) is 5.91 Å². The van der Waals surface area contributed by atoms with Crippen LogP contribution < -0.4 is 15.0 Å². The normalized spacial score (nSPS) is 19.1. The lowest BCUT2D eigenvalue weighted by Gasteiger charge is -2.39. The third-order valence-electron chi connectivity index (χ3n) is 5.67. The molecule has 4 rings (SSSR count). The number of carbonyl (C=O) groups excluding carboxylic acids is 2. The van der Waals surface area contributed by atoms with Crippen LogP contribution in [0.3, 0.4) is 0 Å². The van der Waals surface area contributed by atoms with Crippen LogP contribution >= 0.6 is 11.6 Å². The molecule has 2 aromatic carbocycles. The Hall–Kier alpha value is -2.73. The number of amides is 3. The summed E-state index contributed by atoms with van der Waals surface area (Å²) in [6, 6.07) is 13.0. The maximum atomic E-state index is 13.2. The Bertz CT molecular complexity index is 939. The maximum absolute atomic E-state index is 13.2. The fourth-order valence-corrected chi connectivity index (χ4v) is 4.14. The minimum atomic E-state index is -0.0968. The van der Waals surface area contributed by atoms with Crippen molar-refractivity contribution in [3.05, 3.63) is 53.1 Å². The Morgan fingerprint density at radius 1 is 1.10 bits per heavy atom. The number of urea groups is 1. The summed E-state index contributed by atoms with van der Waals surface area (Å²) in [6.07, 6.45) is 1.19. The number of likely N-dealkylation sites (tertiary alicyclic amines) is 1. The number of benzene rings is 2. The average Bonchev–Trinajstić information content (AvgIpc) is 2.74. The van der Waals surface area contributed by atoms with E-state index in [1.807, 2.05) is 43.0 Å². The molecule has 1 saturated heterocycles. The molecule has 2 aliphatic heterocycles. The lowest BCUT2D eigenvalue weighted by atomic mass is 9.96. The molecule has 7 heteroatoms. The molecule has 1 N–H and O–H groups in total. The van der Waals surface area contributed by atoms with E-state index < -0.39 is 0 Å². The molecule has 158 valence electrons. The second kappa shape index (κ2) is 8.56. The summed E-state index contributed by atoms with van der Waals surface area (Å²) in [5.74, 6) is 0.586. The summed E-state index contributed by atoms with van der Waals surface area (Å²) >= 11 is 6.15. The van der Waals surface area contributed by atoms with Crippen molar-refractivity contribution in [2.75, 3.05) is 29.9 Å². The largest absolute Gasteiger partial charge is 0.487 e. The number of piperidine rings is 1. The highest BCUT2D eigenvalue weighted by atomic mass is 35.5. The molecule has 0 saturated carbocycles. The summed E-state index contributed by atoms with van der Waals surface area (Å²) in [6.45, 7) is 5.53. The van der Waals surface area contributed by atoms with Gasteiger partial charge < -0.3 is 15.0 Å². The molecular formula is C23H26ClN3O3. The minimum absolute atomic E-state index is 0.0167. The second-order valence-corrected chi connectivity index (χ2v) is 8.49. The Kier molecular flexibility index (Phi) is 5.86. The van der Waals surface area contributed by atoms with E-state index in [0.717, 1.165) is 11.3 Å². The van der Waals surface area contributed by atoms with E-state index in [0.29, 0.717) is 48.9 Å². The molecule has 0 aromatic heterocycles. The molecule has 1 atom stereocenters. The Morgan fingerprint density at radius 2 is 1.80 bits per heavy atom. The van der Waals surface area contributed by atoms with Gasteiger partial charge in [-0.25, -0.2) is 4.79 Å². The molecule has 2 aromatic rings. The van der Waals surface area contributed by atoms with Gasteiger partial charge in [-0.1, -0.05) is 29.3 Å². The predicted molar refractivity (Wildman–Crippen MR) is 118 cm³/mol. The van der Waals surface area contributed by atoms with Crippen LogP contribution in [0.5, 0.6) is 5.75 Å². The SMILES string of the molecule is Cc1ccc(NC(=O)C2CCN(C(=O)N3C[C@H](C)Oc4ccc(Cl)cc43)CC2)cc1. The van der Waals surface area contributed by atoms with Crippen LogP contribution in [0.2, 0.25) is 5.02 Å². The number of nitrogens with zero attached hydrogens (tertiary/aromatic N) is 2. The average molecular weight is 428 g/mol. The van der Waals surface area contributed by atoms with E-state index in [1.165, 1.54) is 0 Å². The number of hydrogen-bond acceptors (Lipinski definition) is 3. The van der Waals surface area contributed by atoms with Crippen molar-refractivity contribution in [1.82, 2.24) is 4.90 Å². The van der Waals surface area contributed by atoms with Crippen molar-refractivity contribution in [3.63, 3.8) is 0 Å². The highest BCUT2D eigenvalue weighted by molar-refractivity contribution is 6.31. The van der Waals surface area contributed by atoms with Crippen molar-refractivity contribution in [1.29, 1.82) is 0 Å². The van der Waals surface area contributed by atoms with E-state index in [2.05, 4.69) is 5.32 Å². The summed E-state index contributed by atoms with van der Waals surface area (Å²) in [5.41, 5.74) is 2.66. The Balaban J connectivity index is 1.38. The number of nitrogens with one attached hydrogen (secondary N) is 1. The van der Waals surface area contributed by atoms with Gasteiger partial charge in [-0.15, -0.1) is 0 Å². The van der Waals surface area contributed by atoms with Gasteiger partial charge in [0.05, 0.1) is 12.2 Å². The quantitative estimate of drug-likeness (QED) is 0.755. The molecule has 30 heavy (non-hydrogen) atoms. The monoisotopic (exact) mass is 427 g/mol. The van der Waals surface area contributed by atoms with Crippen LogP contribution in [0.25, 0.3) is 0 Å². The van der Waals surface area contributed by atoms with E-state index in [9.17, 15) is 9.59 Å². The zero-order valence-electron chi connectivity index (χ0n) is 17.2. The van der Waals surface area contributed by atoms with Gasteiger partial charge in [0.1, 0.15) is 11.9 Å². The second-order valence-electron chi connectivity index (χ2n) is 8.05. The summed E-state index contributed by atoms with van der Waals surface area (Å²) < 4.78 is 5.84. The van der Waals surface area contributed by atoms with Crippen molar-refractivity contribution >= 4 is 34.9 Å². The first-order valence-electron chi connectivity index (χ1n) is 10.3. The van der Waals surface area contributed by atoms with E-state index >= 15 is 0 Å². The lowest BCUT2D eigenvalue weighted by molar-refractivity contribution is -0.121. The predicted octanol–water partition coefficient (Wildman–Crippen LogP) is 4.71. The van der Waals surface area contributed by atoms with Gasteiger partial charge in [0, 0.05) is 29.7 Å². The molecule has 2 heterocycles. The third-order valence-corrected chi connectivity index (χ3v) is 5.90. The first kappa shape index (κ1) is 20.5. The molecule has 0 spiro atoms. The molecular weight excluding hydrogens is 402 g/mol. The Labute approximate surface area is 181 Å². The highest BCUT2D eigenvalue weighted by Crippen LogP contribution is 2.36. The smallest absolute Gasteiger partial charge is 0.324 e. The van der Waals surface area contributed by atoms with Crippen LogP contribution in [0, 0.1) is 12.8 Å². The van der Waals surface area contributed by atoms with Gasteiger partial charge in [-0.05, 0) is 57.0 Å². The first-order chi connectivity index (χ1) is 14.4. The molecule has 0 aliphatic carbocycles. The zero-order chi connectivity index (χ0) is 21.3. The zero-order valence-corrected chi connectivity index (χ0v) is 18.0. The van der Waals surface area contributed by atoms with Gasteiger partial charge in [-0.3, -0.25) is 9.69 Å². The van der Waals surface area contributed by atoms with E-state index in [-0.39, 0.29) is 24.0 Å². The van der Waals surface area contributed by atoms with Crippen LogP contribution in [0.1, 0.15) is 25.3 Å². The fraction of sp³-hybridized carbons (Fsp3) is 0.391. The number of halogens is 1. The topological polar surface area (TPSA) is 61.9 Å². The number of anilines is 2. The molecule has 0 radical (unpaired) electrons. The van der Waals surface area contributed by atoms with Crippen LogP contribution in [0.15, 0.2) is 42.5 Å². The summed E-state index contributed by atoms with van der Waals surface area (Å²) in [7, 11) is 0. The van der Waals surface area contributed by atoms with Crippen LogP contribution in [0.4, 0.5) is 16.2 Å². The molecule has 0 unspecified atom stereocenters. The number of ether oxygens (including phenoxy) is 1. The van der Waals surface area contributed by atoms with Gasteiger partial charge in [0.15, 0.2) is 0 Å². The first-order valence-corrected chi connectivity index (χ1v) is 10.7. The summed E-state index contributed by atoms with van der Waals surface area (Å²) in [4.78, 5) is 29.4. The number of hydrogen-bond donors (Lipinski definition) is 1. The minimum Gasteiger partial charge on any atom is -0.487 e. The number of rotatable bonds is 2. The van der Waals surface area contributed by atoms with Gasteiger partial charge in [-0.2, -0.15) is 0 Å². The number of fused-ring (bicyclic) bond motifs is 1. The molecule has 2 aliphatic rings. The van der Waals surface area contributed by atoms with E-state index in [1.54, 1.807) is 23.1 Å². The van der Waals surface area contributed by atoms with Crippen LogP contribution in [-0.4, -0.2) is 42.6 Å². The van der Waals surface area contributed by atoms with Crippen molar-refractivity contribution in [2.45, 2.75) is 32.8 Å². The molecule has 0 bridgehead atoms. The molecule has 6 nitrogen and oxygen atoms in total.